The Kier molecular flexibility index (Phi) is 7.40. The topological polar surface area (TPSA) is 116 Å². The summed E-state index contributed by atoms with van der Waals surface area (Å²) in [4.78, 5) is 24.7. The molecule has 1 saturated heterocycles. The lowest BCUT2D eigenvalue weighted by Crippen LogP contribution is -2.28. The minimum Gasteiger partial charge on any atom is -0.493 e. The van der Waals surface area contributed by atoms with Crippen molar-refractivity contribution >= 4 is 56.1 Å². The van der Waals surface area contributed by atoms with E-state index >= 15 is 0 Å². The minimum absolute atomic E-state index is 0.101. The Morgan fingerprint density at radius 2 is 1.94 bits per heavy atom. The number of aryl methyl sites for hydroxylation is 1. The Labute approximate surface area is 200 Å². The van der Waals surface area contributed by atoms with E-state index in [0.717, 1.165) is 12.5 Å². The van der Waals surface area contributed by atoms with Crippen LogP contribution in [-0.2, 0) is 14.9 Å². The molecule has 1 amide bonds. The lowest BCUT2D eigenvalue weighted by atomic mass is 10.2. The van der Waals surface area contributed by atoms with Crippen molar-refractivity contribution < 1.29 is 27.1 Å². The molecular weight excluding hydrogens is 488 g/mol. The summed E-state index contributed by atoms with van der Waals surface area (Å²) in [6.07, 6.45) is 2.41. The van der Waals surface area contributed by atoms with Crippen molar-refractivity contribution in [3.8, 4) is 11.5 Å². The maximum atomic E-state index is 12.7. The van der Waals surface area contributed by atoms with E-state index < -0.39 is 15.0 Å². The normalized spacial score (nSPS) is 15.2. The van der Waals surface area contributed by atoms with Crippen molar-refractivity contribution in [3.63, 3.8) is 0 Å². The second kappa shape index (κ2) is 9.89. The van der Waals surface area contributed by atoms with Gasteiger partial charge in [-0.05, 0) is 43.2 Å². The second-order valence-corrected chi connectivity index (χ2v) is 10.2. The number of nitrogens with zero attached hydrogens (tertiary/aromatic N) is 2. The molecule has 0 N–H and O–H groups in total. The number of thiocarbonyl (C=S) groups is 1. The van der Waals surface area contributed by atoms with Crippen molar-refractivity contribution in [2.24, 2.45) is 0 Å². The number of nitro benzene ring substituents is 1. The molecule has 0 bridgehead atoms. The van der Waals surface area contributed by atoms with Gasteiger partial charge in [-0.3, -0.25) is 19.8 Å². The summed E-state index contributed by atoms with van der Waals surface area (Å²) in [7, 11) is -3.02. The molecule has 174 valence electrons. The van der Waals surface area contributed by atoms with Crippen LogP contribution in [0.5, 0.6) is 11.5 Å². The quantitative estimate of drug-likeness (QED) is 0.169. The van der Waals surface area contributed by atoms with E-state index in [2.05, 4.69) is 0 Å². The number of amides is 1. The molecule has 0 aliphatic carbocycles. The summed E-state index contributed by atoms with van der Waals surface area (Å²) in [5, 5.41) is 11.1. The second-order valence-electron chi connectivity index (χ2n) is 6.99. The summed E-state index contributed by atoms with van der Waals surface area (Å²) in [5.41, 5.74) is 0.576. The van der Waals surface area contributed by atoms with Crippen molar-refractivity contribution in [3.05, 3.63) is 62.5 Å². The lowest BCUT2D eigenvalue weighted by molar-refractivity contribution is -0.385. The highest BCUT2D eigenvalue weighted by atomic mass is 32.2. The van der Waals surface area contributed by atoms with Crippen LogP contribution in [0, 0.1) is 17.0 Å². The van der Waals surface area contributed by atoms with Gasteiger partial charge < -0.3 is 8.92 Å². The largest absolute Gasteiger partial charge is 0.493 e. The molecular formula is C21H20N2O7S3. The number of benzene rings is 2. The number of carbonyl (C=O) groups is 1. The number of methoxy groups -OCH3 is 1. The van der Waals surface area contributed by atoms with Crippen LogP contribution in [0.25, 0.3) is 6.08 Å². The highest BCUT2D eigenvalue weighted by Crippen LogP contribution is 2.36. The zero-order valence-corrected chi connectivity index (χ0v) is 20.4. The fourth-order valence-corrected chi connectivity index (χ4v) is 5.29. The van der Waals surface area contributed by atoms with Crippen LogP contribution in [-0.4, -0.2) is 42.1 Å². The number of ether oxygens (including phenoxy) is 1. The Bertz CT molecular complexity index is 1270. The number of nitro groups is 1. The van der Waals surface area contributed by atoms with Crippen LogP contribution in [0.4, 0.5) is 5.69 Å². The van der Waals surface area contributed by atoms with Crippen molar-refractivity contribution in [2.45, 2.75) is 25.2 Å². The van der Waals surface area contributed by atoms with Crippen LogP contribution in [0.2, 0.25) is 0 Å². The average molecular weight is 509 g/mol. The predicted octanol–water partition coefficient (Wildman–Crippen LogP) is 4.29. The molecule has 0 spiro atoms. The Balaban J connectivity index is 1.89. The molecule has 1 fully saturated rings. The summed E-state index contributed by atoms with van der Waals surface area (Å²) in [6, 6.07) is 7.99. The van der Waals surface area contributed by atoms with Gasteiger partial charge in [-0.2, -0.15) is 8.42 Å². The first kappa shape index (κ1) is 24.7. The van der Waals surface area contributed by atoms with Crippen molar-refractivity contribution in [1.29, 1.82) is 0 Å². The molecule has 0 atom stereocenters. The fourth-order valence-electron chi connectivity index (χ4n) is 3.02. The molecule has 1 heterocycles. The maximum absolute atomic E-state index is 12.7. The van der Waals surface area contributed by atoms with Gasteiger partial charge in [0.15, 0.2) is 11.5 Å². The minimum atomic E-state index is -4.37. The van der Waals surface area contributed by atoms with Gasteiger partial charge in [-0.1, -0.05) is 43.0 Å². The van der Waals surface area contributed by atoms with Gasteiger partial charge >= 0.3 is 10.1 Å². The first-order chi connectivity index (χ1) is 15.6. The van der Waals surface area contributed by atoms with Gasteiger partial charge in [0.25, 0.3) is 11.6 Å². The third-order valence-corrected chi connectivity index (χ3v) is 7.28. The van der Waals surface area contributed by atoms with E-state index in [-0.39, 0.29) is 28.0 Å². The molecule has 1 aliphatic rings. The summed E-state index contributed by atoms with van der Waals surface area (Å²) in [6.45, 7) is 4.00. The number of hydrogen-bond acceptors (Lipinski definition) is 9. The van der Waals surface area contributed by atoms with E-state index in [0.29, 0.717) is 26.9 Å². The van der Waals surface area contributed by atoms with E-state index in [1.807, 2.05) is 6.92 Å². The molecule has 9 nitrogen and oxygen atoms in total. The first-order valence-corrected chi connectivity index (χ1v) is 12.3. The van der Waals surface area contributed by atoms with E-state index in [4.69, 9.17) is 21.1 Å². The van der Waals surface area contributed by atoms with Gasteiger partial charge in [0.05, 0.1) is 16.9 Å². The highest BCUT2D eigenvalue weighted by molar-refractivity contribution is 8.26. The lowest BCUT2D eigenvalue weighted by Gasteiger charge is -2.12. The van der Waals surface area contributed by atoms with Gasteiger partial charge in [-0.15, -0.1) is 0 Å². The average Bonchev–Trinajstić information content (AvgIpc) is 3.02. The zero-order chi connectivity index (χ0) is 24.3. The first-order valence-electron chi connectivity index (χ1n) is 9.70. The van der Waals surface area contributed by atoms with Gasteiger partial charge in [-0.25, -0.2) is 0 Å². The molecule has 3 rings (SSSR count). The van der Waals surface area contributed by atoms with Crippen LogP contribution in [0.1, 0.15) is 24.5 Å². The number of hydrogen-bond donors (Lipinski definition) is 0. The molecule has 33 heavy (non-hydrogen) atoms. The number of carbonyl (C=O) groups excluding carboxylic acids is 1. The molecule has 0 aromatic heterocycles. The standard InChI is InChI=1S/C21H20N2O7S3/c1-4-9-22-20(24)19(32-21(22)31)11-14-6-8-17(18(10-14)29-3)30-33(27,28)15-7-5-13(2)16(12-15)23(25)26/h5-8,10-12H,4,9H2,1-3H3/b19-11+. The zero-order valence-electron chi connectivity index (χ0n) is 17.9. The molecule has 1 aliphatic heterocycles. The maximum Gasteiger partial charge on any atom is 0.339 e. The fraction of sp³-hybridized carbons (Fsp3) is 0.238. The Morgan fingerprint density at radius 1 is 1.21 bits per heavy atom. The van der Waals surface area contributed by atoms with E-state index in [9.17, 15) is 23.3 Å². The molecule has 0 radical (unpaired) electrons. The predicted molar refractivity (Wildman–Crippen MR) is 129 cm³/mol. The third kappa shape index (κ3) is 5.34. The highest BCUT2D eigenvalue weighted by Gasteiger charge is 2.31. The summed E-state index contributed by atoms with van der Waals surface area (Å²) < 4.78 is 36.4. The molecule has 12 heteroatoms. The van der Waals surface area contributed by atoms with E-state index in [1.54, 1.807) is 12.1 Å². The van der Waals surface area contributed by atoms with Crippen molar-refractivity contribution in [1.82, 2.24) is 4.90 Å². The Hall–Kier alpha value is -2.96. The van der Waals surface area contributed by atoms with Crippen LogP contribution in [0.15, 0.2) is 46.2 Å². The van der Waals surface area contributed by atoms with Gasteiger partial charge in [0, 0.05) is 18.2 Å². The third-order valence-electron chi connectivity index (χ3n) is 4.67. The van der Waals surface area contributed by atoms with Crippen LogP contribution in [0.3, 0.4) is 0 Å². The molecule has 0 saturated carbocycles. The SMILES string of the molecule is CCCN1C(=O)/C(=C\c2ccc(OS(=O)(=O)c3ccc(C)c([N+](=O)[O-])c3)c(OC)c2)SC1=S. The summed E-state index contributed by atoms with van der Waals surface area (Å²) >= 11 is 6.45. The molecule has 2 aromatic carbocycles. The number of rotatable bonds is 8. The number of thioether (sulfide) groups is 1. The monoisotopic (exact) mass is 508 g/mol. The van der Waals surface area contributed by atoms with Crippen LogP contribution < -0.4 is 8.92 Å². The van der Waals surface area contributed by atoms with Gasteiger partial charge in [0.2, 0.25) is 0 Å². The van der Waals surface area contributed by atoms with Crippen LogP contribution >= 0.6 is 24.0 Å². The van der Waals surface area contributed by atoms with E-state index in [1.165, 1.54) is 55.0 Å². The summed E-state index contributed by atoms with van der Waals surface area (Å²) in [5.74, 6) is -0.177. The van der Waals surface area contributed by atoms with Gasteiger partial charge in [0.1, 0.15) is 9.22 Å². The smallest absolute Gasteiger partial charge is 0.339 e. The molecule has 2 aromatic rings. The Morgan fingerprint density at radius 3 is 2.58 bits per heavy atom. The van der Waals surface area contributed by atoms with Crippen molar-refractivity contribution in [2.75, 3.05) is 13.7 Å². The molecule has 0 unspecified atom stereocenters.